The van der Waals surface area contributed by atoms with Crippen LogP contribution >= 0.6 is 11.6 Å². The summed E-state index contributed by atoms with van der Waals surface area (Å²) in [6.07, 6.45) is 0.652. The van der Waals surface area contributed by atoms with Gasteiger partial charge in [0.15, 0.2) is 18.1 Å². The van der Waals surface area contributed by atoms with E-state index in [1.807, 2.05) is 18.2 Å². The van der Waals surface area contributed by atoms with Crippen molar-refractivity contribution in [3.05, 3.63) is 52.8 Å². The lowest BCUT2D eigenvalue weighted by Gasteiger charge is -2.18. The molecule has 2 aromatic carbocycles. The SMILES string of the molecule is O=C(COc1ccc(F)cc1Cl)NCCc1ccc2c(c1)OCCO2. The highest BCUT2D eigenvalue weighted by Crippen LogP contribution is 2.30. The Bertz CT molecular complexity index is 769. The molecule has 0 bridgehead atoms. The predicted molar refractivity (Wildman–Crippen MR) is 91.1 cm³/mol. The van der Waals surface area contributed by atoms with Gasteiger partial charge in [-0.05, 0) is 42.3 Å². The van der Waals surface area contributed by atoms with E-state index in [1.165, 1.54) is 12.1 Å². The third-order valence-electron chi connectivity index (χ3n) is 3.60. The van der Waals surface area contributed by atoms with Crippen LogP contribution in [0.3, 0.4) is 0 Å². The molecule has 1 aliphatic rings. The summed E-state index contributed by atoms with van der Waals surface area (Å²) in [6, 6.07) is 9.47. The highest BCUT2D eigenvalue weighted by atomic mass is 35.5. The van der Waals surface area contributed by atoms with Crippen LogP contribution in [0.25, 0.3) is 0 Å². The van der Waals surface area contributed by atoms with Crippen LogP contribution in [0.4, 0.5) is 4.39 Å². The maximum absolute atomic E-state index is 12.9. The van der Waals surface area contributed by atoms with Gasteiger partial charge in [0.1, 0.15) is 24.8 Å². The van der Waals surface area contributed by atoms with Crippen molar-refractivity contribution in [1.82, 2.24) is 5.32 Å². The second-order valence-corrected chi connectivity index (χ2v) is 5.85. The maximum Gasteiger partial charge on any atom is 0.257 e. The molecule has 1 heterocycles. The molecule has 1 aliphatic heterocycles. The summed E-state index contributed by atoms with van der Waals surface area (Å²) >= 11 is 5.84. The second kappa shape index (κ2) is 8.07. The Balaban J connectivity index is 1.43. The molecule has 0 aliphatic carbocycles. The van der Waals surface area contributed by atoms with Crippen LogP contribution in [-0.4, -0.2) is 32.3 Å². The van der Waals surface area contributed by atoms with Crippen LogP contribution in [-0.2, 0) is 11.2 Å². The Morgan fingerprint density at radius 2 is 1.96 bits per heavy atom. The molecule has 0 aromatic heterocycles. The lowest BCUT2D eigenvalue weighted by atomic mass is 10.1. The first-order valence-electron chi connectivity index (χ1n) is 7.85. The van der Waals surface area contributed by atoms with E-state index in [0.717, 1.165) is 23.1 Å². The number of nitrogens with one attached hydrogen (secondary N) is 1. The van der Waals surface area contributed by atoms with Crippen molar-refractivity contribution >= 4 is 17.5 Å². The number of halogens is 2. The number of hydrogen-bond donors (Lipinski definition) is 1. The number of benzene rings is 2. The molecule has 5 nitrogen and oxygen atoms in total. The minimum absolute atomic E-state index is 0.129. The minimum Gasteiger partial charge on any atom is -0.486 e. The fourth-order valence-electron chi connectivity index (χ4n) is 2.38. The summed E-state index contributed by atoms with van der Waals surface area (Å²) in [6.45, 7) is 1.36. The summed E-state index contributed by atoms with van der Waals surface area (Å²) in [5, 5.41) is 2.89. The first-order valence-corrected chi connectivity index (χ1v) is 8.23. The fourth-order valence-corrected chi connectivity index (χ4v) is 2.60. The quantitative estimate of drug-likeness (QED) is 0.855. The van der Waals surface area contributed by atoms with Crippen LogP contribution in [0, 0.1) is 5.82 Å². The van der Waals surface area contributed by atoms with Crippen molar-refractivity contribution in [3.63, 3.8) is 0 Å². The highest BCUT2D eigenvalue weighted by molar-refractivity contribution is 6.32. The average Bonchev–Trinajstić information content (AvgIpc) is 2.61. The zero-order valence-electron chi connectivity index (χ0n) is 13.4. The predicted octanol–water partition coefficient (Wildman–Crippen LogP) is 2.99. The maximum atomic E-state index is 12.9. The van der Waals surface area contributed by atoms with E-state index < -0.39 is 5.82 Å². The first-order chi connectivity index (χ1) is 12.1. The Hall–Kier alpha value is -2.47. The van der Waals surface area contributed by atoms with Gasteiger partial charge >= 0.3 is 0 Å². The standard InChI is InChI=1S/C18H17ClFNO4/c19-14-10-13(20)2-4-15(14)25-11-18(22)21-6-5-12-1-3-16-17(9-12)24-8-7-23-16/h1-4,9-10H,5-8,11H2,(H,21,22). The molecule has 2 aromatic rings. The van der Waals surface area contributed by atoms with E-state index in [0.29, 0.717) is 26.2 Å². The van der Waals surface area contributed by atoms with E-state index in [-0.39, 0.29) is 23.3 Å². The number of amides is 1. The molecule has 0 saturated carbocycles. The van der Waals surface area contributed by atoms with Gasteiger partial charge in [-0.3, -0.25) is 4.79 Å². The average molecular weight is 366 g/mol. The van der Waals surface area contributed by atoms with E-state index in [1.54, 1.807) is 0 Å². The molecule has 0 atom stereocenters. The number of hydrogen-bond acceptors (Lipinski definition) is 4. The number of carbonyl (C=O) groups is 1. The molecule has 1 amide bonds. The molecule has 0 unspecified atom stereocenters. The van der Waals surface area contributed by atoms with Crippen LogP contribution < -0.4 is 19.5 Å². The third-order valence-corrected chi connectivity index (χ3v) is 3.89. The zero-order chi connectivity index (χ0) is 17.6. The summed E-state index contributed by atoms with van der Waals surface area (Å²) in [7, 11) is 0. The molecule has 0 saturated heterocycles. The van der Waals surface area contributed by atoms with Gasteiger partial charge in [-0.25, -0.2) is 4.39 Å². The first kappa shape index (κ1) is 17.4. The summed E-state index contributed by atoms with van der Waals surface area (Å²) in [5.74, 6) is 0.997. The zero-order valence-corrected chi connectivity index (χ0v) is 14.1. The number of ether oxygens (including phenoxy) is 3. The van der Waals surface area contributed by atoms with Gasteiger partial charge in [-0.1, -0.05) is 17.7 Å². The molecule has 7 heteroatoms. The monoisotopic (exact) mass is 365 g/mol. The number of rotatable bonds is 6. The topological polar surface area (TPSA) is 56.8 Å². The molecule has 0 spiro atoms. The Labute approximate surface area is 149 Å². The Kier molecular flexibility index (Phi) is 5.60. The van der Waals surface area contributed by atoms with Gasteiger partial charge < -0.3 is 19.5 Å². The van der Waals surface area contributed by atoms with Crippen molar-refractivity contribution < 1.29 is 23.4 Å². The van der Waals surface area contributed by atoms with Crippen molar-refractivity contribution in [3.8, 4) is 17.2 Å². The van der Waals surface area contributed by atoms with Gasteiger partial charge in [0.2, 0.25) is 0 Å². The number of fused-ring (bicyclic) bond motifs is 1. The molecular formula is C18H17ClFNO4. The van der Waals surface area contributed by atoms with E-state index in [2.05, 4.69) is 5.32 Å². The summed E-state index contributed by atoms with van der Waals surface area (Å²) in [5.41, 5.74) is 1.03. The van der Waals surface area contributed by atoms with Gasteiger partial charge in [0, 0.05) is 6.54 Å². The Morgan fingerprint density at radius 1 is 1.16 bits per heavy atom. The van der Waals surface area contributed by atoms with Gasteiger partial charge in [-0.15, -0.1) is 0 Å². The van der Waals surface area contributed by atoms with Gasteiger partial charge in [0.05, 0.1) is 5.02 Å². The molecule has 132 valence electrons. The van der Waals surface area contributed by atoms with Gasteiger partial charge in [-0.2, -0.15) is 0 Å². The molecule has 0 radical (unpaired) electrons. The lowest BCUT2D eigenvalue weighted by Crippen LogP contribution is -2.30. The van der Waals surface area contributed by atoms with Crippen molar-refractivity contribution in [2.75, 3.05) is 26.4 Å². The molecule has 3 rings (SSSR count). The van der Waals surface area contributed by atoms with E-state index in [9.17, 15) is 9.18 Å². The molecule has 1 N–H and O–H groups in total. The number of carbonyl (C=O) groups excluding carboxylic acids is 1. The summed E-state index contributed by atoms with van der Waals surface area (Å²) < 4.78 is 29.2. The van der Waals surface area contributed by atoms with Crippen molar-refractivity contribution in [2.24, 2.45) is 0 Å². The van der Waals surface area contributed by atoms with Crippen LogP contribution in [0.2, 0.25) is 5.02 Å². The summed E-state index contributed by atoms with van der Waals surface area (Å²) in [4.78, 5) is 11.8. The van der Waals surface area contributed by atoms with Crippen molar-refractivity contribution in [1.29, 1.82) is 0 Å². The van der Waals surface area contributed by atoms with Gasteiger partial charge in [0.25, 0.3) is 5.91 Å². The Morgan fingerprint density at radius 3 is 2.76 bits per heavy atom. The van der Waals surface area contributed by atoms with E-state index in [4.69, 9.17) is 25.8 Å². The minimum atomic E-state index is -0.457. The van der Waals surface area contributed by atoms with Crippen molar-refractivity contribution in [2.45, 2.75) is 6.42 Å². The molecule has 25 heavy (non-hydrogen) atoms. The molecule has 0 fully saturated rings. The van der Waals surface area contributed by atoms with Crippen LogP contribution in [0.15, 0.2) is 36.4 Å². The van der Waals surface area contributed by atoms with Crippen LogP contribution in [0.1, 0.15) is 5.56 Å². The molecular weight excluding hydrogens is 349 g/mol. The second-order valence-electron chi connectivity index (χ2n) is 5.44. The fraction of sp³-hybridized carbons (Fsp3) is 0.278. The normalized spacial score (nSPS) is 12.6. The third kappa shape index (κ3) is 4.76. The van der Waals surface area contributed by atoms with E-state index >= 15 is 0 Å². The smallest absolute Gasteiger partial charge is 0.257 e. The lowest BCUT2D eigenvalue weighted by molar-refractivity contribution is -0.123. The van der Waals surface area contributed by atoms with Crippen LogP contribution in [0.5, 0.6) is 17.2 Å². The highest BCUT2D eigenvalue weighted by Gasteiger charge is 2.12. The largest absolute Gasteiger partial charge is 0.486 e.